The monoisotopic (exact) mass is 216 g/mol. The van der Waals surface area contributed by atoms with Crippen molar-refractivity contribution in [1.82, 2.24) is 4.72 Å². The fourth-order valence-electron chi connectivity index (χ4n) is 1.80. The van der Waals surface area contributed by atoms with Crippen LogP contribution in [0.25, 0.3) is 0 Å². The fraction of sp³-hybridized carbons (Fsp3) is 0.889. The number of hydrogen-bond acceptors (Lipinski definition) is 3. The van der Waals surface area contributed by atoms with Gasteiger partial charge in [-0.25, -0.2) is 13.1 Å². The molecule has 4 nitrogen and oxygen atoms in total. The highest BCUT2D eigenvalue weighted by Gasteiger charge is 2.65. The molecule has 0 unspecified atom stereocenters. The van der Waals surface area contributed by atoms with Crippen LogP contribution in [-0.2, 0) is 10.0 Å². The average molecular weight is 216 g/mol. The van der Waals surface area contributed by atoms with Crippen LogP contribution in [0.4, 0.5) is 0 Å². The molecule has 1 saturated carbocycles. The molecular weight excluding hydrogens is 200 g/mol. The maximum atomic E-state index is 11.3. The minimum atomic E-state index is -3.42. The summed E-state index contributed by atoms with van der Waals surface area (Å²) in [5.41, 5.74) is -0.0644. The van der Waals surface area contributed by atoms with Crippen molar-refractivity contribution < 1.29 is 8.42 Å². The minimum absolute atomic E-state index is 0.0322. The maximum Gasteiger partial charge on any atom is 0.225 e. The van der Waals surface area contributed by atoms with Crippen molar-refractivity contribution in [2.75, 3.05) is 5.75 Å². The molecule has 0 aromatic heterocycles. The molecule has 0 atom stereocenters. The molecule has 1 fully saturated rings. The van der Waals surface area contributed by atoms with E-state index in [1.807, 2.05) is 27.7 Å². The molecule has 1 aliphatic rings. The number of rotatable bonds is 3. The van der Waals surface area contributed by atoms with E-state index < -0.39 is 15.8 Å². The van der Waals surface area contributed by atoms with Gasteiger partial charge in [0.05, 0.1) is 6.07 Å². The molecule has 80 valence electrons. The van der Waals surface area contributed by atoms with Crippen LogP contribution in [-0.4, -0.2) is 20.2 Å². The van der Waals surface area contributed by atoms with E-state index in [9.17, 15) is 8.42 Å². The van der Waals surface area contributed by atoms with E-state index in [0.29, 0.717) is 0 Å². The van der Waals surface area contributed by atoms with Gasteiger partial charge in [0.2, 0.25) is 10.0 Å². The number of nitriles is 1. The second kappa shape index (κ2) is 2.94. The molecule has 0 amide bonds. The van der Waals surface area contributed by atoms with Crippen LogP contribution in [0.3, 0.4) is 0 Å². The van der Waals surface area contributed by atoms with Gasteiger partial charge in [0.1, 0.15) is 0 Å². The number of hydrogen-bond donors (Lipinski definition) is 1. The summed E-state index contributed by atoms with van der Waals surface area (Å²) < 4.78 is 25.2. The quantitative estimate of drug-likeness (QED) is 0.760. The third kappa shape index (κ3) is 1.64. The molecule has 0 radical (unpaired) electrons. The van der Waals surface area contributed by atoms with Gasteiger partial charge < -0.3 is 0 Å². The summed E-state index contributed by atoms with van der Waals surface area (Å²) in [4.78, 5) is 0. The summed E-state index contributed by atoms with van der Waals surface area (Å²) in [5.74, 6) is -0.463. The molecule has 0 heterocycles. The first kappa shape index (κ1) is 11.5. The Morgan fingerprint density at radius 1 is 1.29 bits per heavy atom. The average Bonchev–Trinajstić information content (AvgIpc) is 2.32. The Morgan fingerprint density at radius 3 is 2.00 bits per heavy atom. The zero-order valence-corrected chi connectivity index (χ0v) is 9.77. The summed E-state index contributed by atoms with van der Waals surface area (Å²) >= 11 is 0. The van der Waals surface area contributed by atoms with E-state index in [-0.39, 0.29) is 16.9 Å². The highest BCUT2D eigenvalue weighted by Crippen LogP contribution is 2.62. The van der Waals surface area contributed by atoms with Crippen LogP contribution in [0, 0.1) is 22.2 Å². The zero-order chi connectivity index (χ0) is 11.2. The van der Waals surface area contributed by atoms with E-state index in [2.05, 4.69) is 4.72 Å². The Kier molecular flexibility index (Phi) is 2.41. The largest absolute Gasteiger partial charge is 0.225 e. The van der Waals surface area contributed by atoms with Gasteiger partial charge in [-0.2, -0.15) is 5.26 Å². The van der Waals surface area contributed by atoms with Gasteiger partial charge in [-0.05, 0) is 10.8 Å². The Bertz CT molecular complexity index is 362. The first-order valence-corrected chi connectivity index (χ1v) is 6.17. The van der Waals surface area contributed by atoms with Gasteiger partial charge >= 0.3 is 0 Å². The van der Waals surface area contributed by atoms with Gasteiger partial charge in [0, 0.05) is 6.04 Å². The molecule has 1 rings (SSSR count). The van der Waals surface area contributed by atoms with Crippen molar-refractivity contribution in [3.63, 3.8) is 0 Å². The van der Waals surface area contributed by atoms with Crippen LogP contribution in [0.5, 0.6) is 0 Å². The van der Waals surface area contributed by atoms with E-state index in [4.69, 9.17) is 5.26 Å². The van der Waals surface area contributed by atoms with Crippen molar-refractivity contribution in [2.45, 2.75) is 33.7 Å². The minimum Gasteiger partial charge on any atom is -0.211 e. The van der Waals surface area contributed by atoms with E-state index >= 15 is 0 Å². The molecule has 0 saturated heterocycles. The Labute approximate surface area is 85.4 Å². The first-order valence-electron chi connectivity index (χ1n) is 4.52. The number of nitrogens with zero attached hydrogens (tertiary/aromatic N) is 1. The summed E-state index contributed by atoms with van der Waals surface area (Å²) in [7, 11) is -3.42. The van der Waals surface area contributed by atoms with Crippen molar-refractivity contribution in [3.05, 3.63) is 0 Å². The number of sulfonamides is 1. The van der Waals surface area contributed by atoms with Crippen LogP contribution in [0.15, 0.2) is 0 Å². The van der Waals surface area contributed by atoms with Crippen molar-refractivity contribution in [3.8, 4) is 6.07 Å². The molecular formula is C9H16N2O2S. The molecule has 5 heteroatoms. The highest BCUT2D eigenvalue weighted by molar-refractivity contribution is 7.89. The molecule has 0 spiro atoms. The molecule has 1 aliphatic carbocycles. The predicted molar refractivity (Wildman–Crippen MR) is 53.9 cm³/mol. The first-order chi connectivity index (χ1) is 6.15. The van der Waals surface area contributed by atoms with Crippen molar-refractivity contribution >= 4 is 10.0 Å². The van der Waals surface area contributed by atoms with Gasteiger partial charge in [-0.3, -0.25) is 0 Å². The van der Waals surface area contributed by atoms with E-state index in [0.717, 1.165) is 0 Å². The smallest absolute Gasteiger partial charge is 0.211 e. The molecule has 0 aliphatic heterocycles. The van der Waals surface area contributed by atoms with Crippen molar-refractivity contribution in [1.29, 1.82) is 5.26 Å². The van der Waals surface area contributed by atoms with E-state index in [1.165, 1.54) is 0 Å². The Hall–Kier alpha value is -0.600. The van der Waals surface area contributed by atoms with Gasteiger partial charge in [0.25, 0.3) is 0 Å². The van der Waals surface area contributed by atoms with Crippen molar-refractivity contribution in [2.24, 2.45) is 10.8 Å². The van der Waals surface area contributed by atoms with Crippen LogP contribution in [0.1, 0.15) is 27.7 Å². The third-order valence-electron chi connectivity index (χ3n) is 3.57. The molecule has 0 bridgehead atoms. The number of nitrogens with one attached hydrogen (secondary N) is 1. The Balaban J connectivity index is 2.72. The van der Waals surface area contributed by atoms with Crippen LogP contribution >= 0.6 is 0 Å². The SMILES string of the molecule is CC1(C)C(NS(=O)(=O)CC#N)C1(C)C. The molecule has 0 aromatic rings. The van der Waals surface area contributed by atoms with Gasteiger partial charge in [0.15, 0.2) is 5.75 Å². The molecule has 0 aromatic carbocycles. The standard InChI is InChI=1S/C9H16N2O2S/c1-8(2)7(9(8,3)4)11-14(12,13)6-5-10/h7,11H,6H2,1-4H3. The predicted octanol–water partition coefficient (Wildman–Crippen LogP) is 0.864. The summed E-state index contributed by atoms with van der Waals surface area (Å²) in [5, 5.41) is 8.33. The normalized spacial score (nSPS) is 24.2. The lowest BCUT2D eigenvalue weighted by atomic mass is 10.0. The summed E-state index contributed by atoms with van der Waals surface area (Å²) in [6, 6.07) is 1.58. The topological polar surface area (TPSA) is 70.0 Å². The summed E-state index contributed by atoms with van der Waals surface area (Å²) in [6.45, 7) is 8.08. The lowest BCUT2D eigenvalue weighted by Gasteiger charge is -2.04. The lowest BCUT2D eigenvalue weighted by molar-refractivity contribution is 0.457. The maximum absolute atomic E-state index is 11.3. The van der Waals surface area contributed by atoms with E-state index in [1.54, 1.807) is 6.07 Å². The molecule has 14 heavy (non-hydrogen) atoms. The zero-order valence-electron chi connectivity index (χ0n) is 8.96. The highest BCUT2D eigenvalue weighted by atomic mass is 32.2. The van der Waals surface area contributed by atoms with Gasteiger partial charge in [-0.15, -0.1) is 0 Å². The lowest BCUT2D eigenvalue weighted by Crippen LogP contribution is -2.31. The fourth-order valence-corrected chi connectivity index (χ4v) is 3.00. The van der Waals surface area contributed by atoms with Crippen LogP contribution < -0.4 is 4.72 Å². The second-order valence-electron chi connectivity index (χ2n) is 4.91. The van der Waals surface area contributed by atoms with Gasteiger partial charge in [-0.1, -0.05) is 27.7 Å². The molecule has 1 N–H and O–H groups in total. The third-order valence-corrected chi connectivity index (χ3v) is 4.68. The Morgan fingerprint density at radius 2 is 1.71 bits per heavy atom. The second-order valence-corrected chi connectivity index (χ2v) is 6.67. The van der Waals surface area contributed by atoms with Crippen LogP contribution in [0.2, 0.25) is 0 Å². The summed E-state index contributed by atoms with van der Waals surface area (Å²) in [6.07, 6.45) is 0.